The number of rotatable bonds is 15. The zero-order chi connectivity index (χ0) is 36.5. The molecule has 5 aromatic rings. The number of hydrogen-bond acceptors (Lipinski definition) is 3. The van der Waals surface area contributed by atoms with Gasteiger partial charge in [0.15, 0.2) is 0 Å². The Morgan fingerprint density at radius 2 is 1.16 bits per heavy atom. The molecular formula is C48H58N2O. The van der Waals surface area contributed by atoms with Crippen LogP contribution >= 0.6 is 0 Å². The maximum absolute atomic E-state index is 12.7. The molecule has 0 aliphatic rings. The summed E-state index contributed by atoms with van der Waals surface area (Å²) in [4.78, 5) is 4.82. The second-order valence-electron chi connectivity index (χ2n) is 14.2. The number of anilines is 2. The third kappa shape index (κ3) is 8.83. The number of aliphatic hydroxyl groups is 1. The summed E-state index contributed by atoms with van der Waals surface area (Å²) in [5.74, 6) is 0. The molecule has 0 fully saturated rings. The van der Waals surface area contributed by atoms with Gasteiger partial charge in [0.1, 0.15) is 5.60 Å². The van der Waals surface area contributed by atoms with E-state index >= 15 is 0 Å². The lowest BCUT2D eigenvalue weighted by Gasteiger charge is -2.32. The summed E-state index contributed by atoms with van der Waals surface area (Å²) in [5, 5.41) is 12.7. The minimum atomic E-state index is -1.17. The van der Waals surface area contributed by atoms with Gasteiger partial charge >= 0.3 is 0 Å². The fraction of sp³-hybridized carbons (Fsp3) is 0.333. The third-order valence-electron chi connectivity index (χ3n) is 10.3. The molecule has 0 spiro atoms. The molecule has 266 valence electrons. The Labute approximate surface area is 308 Å². The van der Waals surface area contributed by atoms with Crippen molar-refractivity contribution in [2.75, 3.05) is 36.0 Å². The fourth-order valence-corrected chi connectivity index (χ4v) is 7.55. The molecule has 3 nitrogen and oxygen atoms in total. The lowest BCUT2D eigenvalue weighted by atomic mass is 9.79. The van der Waals surface area contributed by atoms with E-state index in [1.54, 1.807) is 0 Å². The summed E-state index contributed by atoms with van der Waals surface area (Å²) < 4.78 is 0. The van der Waals surface area contributed by atoms with E-state index in [4.69, 9.17) is 0 Å². The van der Waals surface area contributed by atoms with Gasteiger partial charge in [-0.05, 0) is 135 Å². The molecule has 1 unspecified atom stereocenters. The molecule has 51 heavy (non-hydrogen) atoms. The van der Waals surface area contributed by atoms with Crippen molar-refractivity contribution < 1.29 is 5.11 Å². The number of aryl methyl sites for hydroxylation is 4. The lowest BCUT2D eigenvalue weighted by molar-refractivity contribution is 0.0805. The zero-order valence-electron chi connectivity index (χ0n) is 32.3. The summed E-state index contributed by atoms with van der Waals surface area (Å²) in [6.07, 6.45) is 5.06. The van der Waals surface area contributed by atoms with Crippen molar-refractivity contribution in [1.82, 2.24) is 0 Å². The van der Waals surface area contributed by atoms with E-state index in [1.807, 2.05) is 0 Å². The quantitative estimate of drug-likeness (QED) is 0.112. The second kappa shape index (κ2) is 17.1. The normalized spacial score (nSPS) is 12.8. The van der Waals surface area contributed by atoms with Gasteiger partial charge in [-0.2, -0.15) is 0 Å². The van der Waals surface area contributed by atoms with Gasteiger partial charge in [-0.1, -0.05) is 110 Å². The lowest BCUT2D eigenvalue weighted by Crippen LogP contribution is -2.31. The molecule has 0 saturated carbocycles. The molecule has 5 aromatic carbocycles. The van der Waals surface area contributed by atoms with E-state index in [0.29, 0.717) is 6.42 Å². The predicted octanol–water partition coefficient (Wildman–Crippen LogP) is 11.5. The summed E-state index contributed by atoms with van der Waals surface area (Å²) in [6, 6.07) is 39.5. The first-order valence-electron chi connectivity index (χ1n) is 19.0. The minimum absolute atomic E-state index is 0.475. The maximum atomic E-state index is 12.7. The van der Waals surface area contributed by atoms with Gasteiger partial charge in [0.2, 0.25) is 0 Å². The average Bonchev–Trinajstić information content (AvgIpc) is 3.12. The van der Waals surface area contributed by atoms with Crippen LogP contribution in [0, 0.1) is 27.7 Å². The van der Waals surface area contributed by atoms with Gasteiger partial charge in [0.05, 0.1) is 0 Å². The molecular weight excluding hydrogens is 621 g/mol. The van der Waals surface area contributed by atoms with E-state index in [-0.39, 0.29) is 0 Å². The molecule has 0 radical (unpaired) electrons. The van der Waals surface area contributed by atoms with Gasteiger partial charge in [-0.25, -0.2) is 0 Å². The maximum Gasteiger partial charge on any atom is 0.119 e. The molecule has 1 N–H and O–H groups in total. The summed E-state index contributed by atoms with van der Waals surface area (Å²) in [7, 11) is 0. The van der Waals surface area contributed by atoms with Crippen LogP contribution in [-0.4, -0.2) is 31.3 Å². The van der Waals surface area contributed by atoms with E-state index < -0.39 is 5.60 Å². The van der Waals surface area contributed by atoms with Crippen molar-refractivity contribution in [1.29, 1.82) is 0 Å². The second-order valence-corrected chi connectivity index (χ2v) is 14.2. The number of hydrogen-bond donors (Lipinski definition) is 1. The van der Waals surface area contributed by atoms with Crippen LogP contribution in [0.1, 0.15) is 96.2 Å². The first kappa shape index (κ1) is 37.7. The third-order valence-corrected chi connectivity index (χ3v) is 10.3. The first-order chi connectivity index (χ1) is 24.6. The minimum Gasteiger partial charge on any atom is -0.380 e. The van der Waals surface area contributed by atoms with Crippen molar-refractivity contribution in [3.05, 3.63) is 165 Å². The van der Waals surface area contributed by atoms with Crippen molar-refractivity contribution in [3.8, 4) is 0 Å². The van der Waals surface area contributed by atoms with E-state index in [2.05, 4.69) is 180 Å². The number of nitrogens with zero attached hydrogens (tertiary/aromatic N) is 2. The fourth-order valence-electron chi connectivity index (χ4n) is 7.55. The van der Waals surface area contributed by atoms with Crippen LogP contribution in [0.15, 0.2) is 109 Å². The standard InChI is InChI=1S/C48H58N2O/c1-9-29-50(30-10-2)44-23-19-41(20-24-44)46(45-27-13-35(5)31-37(45)7)33-39-15-17-40(18-16-39)34-48(51,47-28-14-36(6)32-38(47)8)42-21-25-43(26-22-42)49(11-3)12-4/h13-28,31-33,51H,9-12,29-30,34H2,1-8H3. The van der Waals surface area contributed by atoms with Crippen LogP contribution in [0.4, 0.5) is 11.4 Å². The highest BCUT2D eigenvalue weighted by molar-refractivity contribution is 5.92. The van der Waals surface area contributed by atoms with Crippen LogP contribution in [0.3, 0.4) is 0 Å². The Morgan fingerprint density at radius 1 is 0.608 bits per heavy atom. The Kier molecular flexibility index (Phi) is 12.6. The topological polar surface area (TPSA) is 26.7 Å². The summed E-state index contributed by atoms with van der Waals surface area (Å²) in [6.45, 7) is 21.5. The highest BCUT2D eigenvalue weighted by atomic mass is 16.3. The molecule has 3 heteroatoms. The van der Waals surface area contributed by atoms with Crippen LogP contribution in [0.5, 0.6) is 0 Å². The smallest absolute Gasteiger partial charge is 0.119 e. The number of benzene rings is 5. The van der Waals surface area contributed by atoms with Gasteiger partial charge in [-0.15, -0.1) is 0 Å². The van der Waals surface area contributed by atoms with E-state index in [1.165, 1.54) is 44.8 Å². The van der Waals surface area contributed by atoms with Crippen LogP contribution in [0.2, 0.25) is 0 Å². The largest absolute Gasteiger partial charge is 0.380 e. The van der Waals surface area contributed by atoms with Crippen LogP contribution in [-0.2, 0) is 12.0 Å². The average molecular weight is 679 g/mol. The van der Waals surface area contributed by atoms with Gasteiger partial charge < -0.3 is 14.9 Å². The molecule has 0 bridgehead atoms. The predicted molar refractivity (Wildman–Crippen MR) is 221 cm³/mol. The molecule has 5 rings (SSSR count). The molecule has 1 atom stereocenters. The molecule has 0 aromatic heterocycles. The van der Waals surface area contributed by atoms with E-state index in [9.17, 15) is 5.11 Å². The molecule has 0 aliphatic carbocycles. The summed E-state index contributed by atoms with van der Waals surface area (Å²) >= 11 is 0. The highest BCUT2D eigenvalue weighted by Gasteiger charge is 2.33. The van der Waals surface area contributed by atoms with Crippen molar-refractivity contribution in [2.45, 2.75) is 80.3 Å². The van der Waals surface area contributed by atoms with Gasteiger partial charge in [-0.3, -0.25) is 0 Å². The van der Waals surface area contributed by atoms with Gasteiger partial charge in [0, 0.05) is 44.0 Å². The van der Waals surface area contributed by atoms with Crippen molar-refractivity contribution in [2.24, 2.45) is 0 Å². The Bertz CT molecular complexity index is 1890. The highest BCUT2D eigenvalue weighted by Crippen LogP contribution is 2.37. The molecule has 0 saturated heterocycles. The first-order valence-corrected chi connectivity index (χ1v) is 19.0. The van der Waals surface area contributed by atoms with Crippen LogP contribution in [0.25, 0.3) is 11.6 Å². The Morgan fingerprint density at radius 3 is 1.71 bits per heavy atom. The van der Waals surface area contributed by atoms with E-state index in [0.717, 1.165) is 66.8 Å². The van der Waals surface area contributed by atoms with Crippen molar-refractivity contribution >= 4 is 23.0 Å². The Hall–Kier alpha value is -4.60. The zero-order valence-corrected chi connectivity index (χ0v) is 32.3. The SMILES string of the molecule is CCCN(CCC)c1ccc(C(=Cc2ccc(CC(O)(c3ccc(N(CC)CC)cc3)c3ccc(C)cc3C)cc2)c2ccc(C)cc2C)cc1. The summed E-state index contributed by atoms with van der Waals surface area (Å²) in [5.41, 5.74) is 13.9. The molecule has 0 heterocycles. The van der Waals surface area contributed by atoms with Crippen molar-refractivity contribution in [3.63, 3.8) is 0 Å². The Balaban J connectivity index is 1.52. The van der Waals surface area contributed by atoms with Crippen LogP contribution < -0.4 is 9.80 Å². The molecule has 0 aliphatic heterocycles. The molecule has 0 amide bonds. The van der Waals surface area contributed by atoms with Gasteiger partial charge in [0.25, 0.3) is 0 Å². The monoisotopic (exact) mass is 678 g/mol.